The minimum Gasteiger partial charge on any atom is -0.308 e. The lowest BCUT2D eigenvalue weighted by Crippen LogP contribution is -2.23. The number of rotatable bonds is 2. The minimum absolute atomic E-state index is 0.888. The number of hydrogen-bond acceptors (Lipinski definition) is 3. The Hall–Kier alpha value is -1.35. The molecule has 11 heavy (non-hydrogen) atoms. The van der Waals surface area contributed by atoms with Crippen molar-refractivity contribution >= 4 is 6.21 Å². The molecule has 0 bridgehead atoms. The third-order valence-corrected chi connectivity index (χ3v) is 1.39. The average Bonchev–Trinajstić information content (AvgIpc) is 2.28. The molecule has 0 amide bonds. The smallest absolute Gasteiger partial charge is 0.0250 e. The van der Waals surface area contributed by atoms with Gasteiger partial charge in [0.05, 0.1) is 0 Å². The van der Waals surface area contributed by atoms with E-state index in [0.29, 0.717) is 0 Å². The third-order valence-electron chi connectivity index (χ3n) is 1.39. The van der Waals surface area contributed by atoms with Gasteiger partial charge in [0.1, 0.15) is 0 Å². The molecule has 58 valence electrons. The van der Waals surface area contributed by atoms with Gasteiger partial charge in [-0.25, -0.2) is 5.43 Å². The molecule has 0 aromatic heterocycles. The zero-order valence-corrected chi connectivity index (χ0v) is 6.41. The fourth-order valence-corrected chi connectivity index (χ4v) is 0.764. The molecule has 3 nitrogen and oxygen atoms in total. The number of allylic oxidation sites excluding steroid dienone is 4. The molecule has 1 aliphatic rings. The summed E-state index contributed by atoms with van der Waals surface area (Å²) in [5.41, 5.74) is 3.83. The summed E-state index contributed by atoms with van der Waals surface area (Å²) in [5.74, 6) is 0. The van der Waals surface area contributed by atoms with Crippen LogP contribution in [0.1, 0.15) is 0 Å². The second kappa shape index (κ2) is 3.73. The SMILES string of the molecule is CNN1C=CC=C(C=N)C=C1. The van der Waals surface area contributed by atoms with Crippen molar-refractivity contribution in [3.8, 4) is 0 Å². The van der Waals surface area contributed by atoms with Crippen LogP contribution in [0.3, 0.4) is 0 Å². The van der Waals surface area contributed by atoms with E-state index in [2.05, 4.69) is 5.43 Å². The lowest BCUT2D eigenvalue weighted by Gasteiger charge is -2.10. The van der Waals surface area contributed by atoms with Gasteiger partial charge in [0, 0.05) is 25.7 Å². The van der Waals surface area contributed by atoms with Gasteiger partial charge in [-0.05, 0) is 17.7 Å². The summed E-state index contributed by atoms with van der Waals surface area (Å²) in [5, 5.41) is 8.81. The fraction of sp³-hybridized carbons (Fsp3) is 0.125. The quantitative estimate of drug-likeness (QED) is 0.576. The van der Waals surface area contributed by atoms with E-state index in [1.807, 2.05) is 42.7 Å². The molecule has 0 saturated carbocycles. The van der Waals surface area contributed by atoms with E-state index in [4.69, 9.17) is 5.41 Å². The summed E-state index contributed by atoms with van der Waals surface area (Å²) < 4.78 is 0. The predicted octanol–water partition coefficient (Wildman–Crippen LogP) is 1.04. The first-order valence-corrected chi connectivity index (χ1v) is 3.39. The average molecular weight is 149 g/mol. The van der Waals surface area contributed by atoms with Gasteiger partial charge < -0.3 is 5.41 Å². The van der Waals surface area contributed by atoms with Crippen molar-refractivity contribution in [2.45, 2.75) is 0 Å². The van der Waals surface area contributed by atoms with Crippen molar-refractivity contribution in [3.63, 3.8) is 0 Å². The van der Waals surface area contributed by atoms with Crippen molar-refractivity contribution in [1.29, 1.82) is 5.41 Å². The van der Waals surface area contributed by atoms with Gasteiger partial charge in [-0.3, -0.25) is 5.01 Å². The number of hydrazine groups is 1. The van der Waals surface area contributed by atoms with Gasteiger partial charge in [-0.15, -0.1) is 0 Å². The molecule has 0 saturated heterocycles. The summed E-state index contributed by atoms with van der Waals surface area (Å²) in [4.78, 5) is 0. The highest BCUT2D eigenvalue weighted by Gasteiger charge is 1.92. The van der Waals surface area contributed by atoms with E-state index < -0.39 is 0 Å². The van der Waals surface area contributed by atoms with Crippen LogP contribution in [-0.4, -0.2) is 18.3 Å². The molecule has 0 aromatic carbocycles. The maximum Gasteiger partial charge on any atom is 0.0250 e. The first-order valence-electron chi connectivity index (χ1n) is 3.39. The van der Waals surface area contributed by atoms with Crippen LogP contribution in [0, 0.1) is 5.41 Å². The molecular weight excluding hydrogens is 138 g/mol. The van der Waals surface area contributed by atoms with Gasteiger partial charge in [-0.2, -0.15) is 0 Å². The van der Waals surface area contributed by atoms with Crippen LogP contribution < -0.4 is 5.43 Å². The molecule has 1 aliphatic heterocycles. The fourth-order valence-electron chi connectivity index (χ4n) is 0.764. The second-order valence-electron chi connectivity index (χ2n) is 2.10. The molecular formula is C8H11N3. The van der Waals surface area contributed by atoms with Crippen LogP contribution in [0.15, 0.2) is 36.2 Å². The summed E-state index contributed by atoms with van der Waals surface area (Å²) in [6, 6.07) is 0. The van der Waals surface area contributed by atoms with Crippen molar-refractivity contribution < 1.29 is 0 Å². The Morgan fingerprint density at radius 1 is 1.55 bits per heavy atom. The summed E-state index contributed by atoms with van der Waals surface area (Å²) >= 11 is 0. The number of nitrogens with one attached hydrogen (secondary N) is 2. The molecule has 0 unspecified atom stereocenters. The Bertz CT molecular complexity index is 225. The van der Waals surface area contributed by atoms with Gasteiger partial charge in [0.25, 0.3) is 0 Å². The zero-order chi connectivity index (χ0) is 8.10. The van der Waals surface area contributed by atoms with Crippen molar-refractivity contribution in [1.82, 2.24) is 10.4 Å². The number of hydrogen-bond donors (Lipinski definition) is 2. The monoisotopic (exact) mass is 149 g/mol. The standard InChI is InChI=1S/C8H11N3/c1-10-11-5-2-3-8(7-9)4-6-11/h2-7,9-10H,1H3. The lowest BCUT2D eigenvalue weighted by atomic mass is 10.3. The molecule has 0 aliphatic carbocycles. The van der Waals surface area contributed by atoms with Gasteiger partial charge >= 0.3 is 0 Å². The van der Waals surface area contributed by atoms with E-state index in [1.165, 1.54) is 6.21 Å². The summed E-state index contributed by atoms with van der Waals surface area (Å²) in [7, 11) is 1.84. The molecule has 2 N–H and O–H groups in total. The van der Waals surface area contributed by atoms with Crippen LogP contribution in [0.4, 0.5) is 0 Å². The Morgan fingerprint density at radius 3 is 3.00 bits per heavy atom. The molecule has 0 fully saturated rings. The van der Waals surface area contributed by atoms with Crippen LogP contribution in [0.5, 0.6) is 0 Å². The Morgan fingerprint density at radius 2 is 2.36 bits per heavy atom. The Balaban J connectivity index is 2.73. The molecule has 1 rings (SSSR count). The maximum absolute atomic E-state index is 7.00. The van der Waals surface area contributed by atoms with E-state index in [9.17, 15) is 0 Å². The van der Waals surface area contributed by atoms with Crippen molar-refractivity contribution in [3.05, 3.63) is 36.2 Å². The highest BCUT2D eigenvalue weighted by Crippen LogP contribution is 2.00. The van der Waals surface area contributed by atoms with Crippen LogP contribution in [0.2, 0.25) is 0 Å². The van der Waals surface area contributed by atoms with Crippen molar-refractivity contribution in [2.24, 2.45) is 0 Å². The lowest BCUT2D eigenvalue weighted by molar-refractivity contribution is 0.409. The Labute approximate surface area is 66.2 Å². The maximum atomic E-state index is 7.00. The minimum atomic E-state index is 0.888. The van der Waals surface area contributed by atoms with Gasteiger partial charge in [0.2, 0.25) is 0 Å². The molecule has 0 spiro atoms. The van der Waals surface area contributed by atoms with Crippen molar-refractivity contribution in [2.75, 3.05) is 7.05 Å². The van der Waals surface area contributed by atoms with Gasteiger partial charge in [0.15, 0.2) is 0 Å². The largest absolute Gasteiger partial charge is 0.308 e. The molecule has 0 aromatic rings. The van der Waals surface area contributed by atoms with Gasteiger partial charge in [-0.1, -0.05) is 6.08 Å². The Kier molecular flexibility index (Phi) is 2.63. The van der Waals surface area contributed by atoms with E-state index in [-0.39, 0.29) is 0 Å². The van der Waals surface area contributed by atoms with E-state index >= 15 is 0 Å². The normalized spacial score (nSPS) is 16.1. The van der Waals surface area contributed by atoms with Crippen LogP contribution in [0.25, 0.3) is 0 Å². The topological polar surface area (TPSA) is 39.1 Å². The molecule has 3 heteroatoms. The first kappa shape index (κ1) is 7.75. The number of nitrogens with zero attached hydrogens (tertiary/aromatic N) is 1. The zero-order valence-electron chi connectivity index (χ0n) is 6.41. The molecule has 1 heterocycles. The molecule has 0 atom stereocenters. The van der Waals surface area contributed by atoms with Crippen LogP contribution in [-0.2, 0) is 0 Å². The third kappa shape index (κ3) is 2.05. The first-order chi connectivity index (χ1) is 5.36. The summed E-state index contributed by atoms with van der Waals surface area (Å²) in [6.07, 6.45) is 10.7. The molecule has 0 radical (unpaired) electrons. The second-order valence-corrected chi connectivity index (χ2v) is 2.10. The van der Waals surface area contributed by atoms with E-state index in [1.54, 1.807) is 0 Å². The highest BCUT2D eigenvalue weighted by molar-refractivity contribution is 5.80. The van der Waals surface area contributed by atoms with Crippen LogP contribution >= 0.6 is 0 Å². The highest BCUT2D eigenvalue weighted by atomic mass is 15.5. The summed E-state index contributed by atoms with van der Waals surface area (Å²) in [6.45, 7) is 0. The predicted molar refractivity (Wildman–Crippen MR) is 46.0 cm³/mol. The van der Waals surface area contributed by atoms with E-state index in [0.717, 1.165) is 5.57 Å².